The maximum Gasteiger partial charge on any atom is 0.416 e. The Hall–Kier alpha value is -3.30. The first-order chi connectivity index (χ1) is 16.0. The fraction of sp³-hybridized carbons (Fsp3) is 0.125. The van der Waals surface area contributed by atoms with Gasteiger partial charge >= 0.3 is 6.18 Å². The number of alkyl halides is 3. The minimum atomic E-state index is -4.47. The van der Waals surface area contributed by atoms with Crippen LogP contribution in [0.1, 0.15) is 11.1 Å². The summed E-state index contributed by atoms with van der Waals surface area (Å²) in [6, 6.07) is 17.4. The second kappa shape index (κ2) is 9.15. The van der Waals surface area contributed by atoms with Gasteiger partial charge < -0.3 is 9.88 Å². The van der Waals surface area contributed by atoms with E-state index in [-0.39, 0.29) is 22.9 Å². The molecule has 0 spiro atoms. The highest BCUT2D eigenvalue weighted by molar-refractivity contribution is 7.90. The molecule has 0 atom stereocenters. The molecule has 0 aliphatic heterocycles. The Morgan fingerprint density at radius 1 is 0.941 bits per heavy atom. The smallest absolute Gasteiger partial charge is 0.337 e. The van der Waals surface area contributed by atoms with Crippen LogP contribution in [-0.2, 0) is 33.1 Å². The van der Waals surface area contributed by atoms with Crippen LogP contribution < -0.4 is 5.32 Å². The zero-order valence-electron chi connectivity index (χ0n) is 17.5. The van der Waals surface area contributed by atoms with Gasteiger partial charge in [-0.2, -0.15) is 13.2 Å². The maximum absolute atomic E-state index is 13.2. The lowest BCUT2D eigenvalue weighted by atomic mass is 10.2. The summed E-state index contributed by atoms with van der Waals surface area (Å²) in [4.78, 5) is 12.7. The van der Waals surface area contributed by atoms with Gasteiger partial charge in [-0.25, -0.2) is 8.42 Å². The molecule has 3 aromatic carbocycles. The van der Waals surface area contributed by atoms with Crippen LogP contribution in [0.5, 0.6) is 0 Å². The Bertz CT molecular complexity index is 1450. The molecule has 0 saturated carbocycles. The van der Waals surface area contributed by atoms with Gasteiger partial charge in [-0.05, 0) is 48.0 Å². The molecule has 5 nitrogen and oxygen atoms in total. The molecule has 0 aliphatic carbocycles. The first kappa shape index (κ1) is 23.8. The predicted octanol–water partition coefficient (Wildman–Crippen LogP) is 5.93. The predicted molar refractivity (Wildman–Crippen MR) is 124 cm³/mol. The van der Waals surface area contributed by atoms with Crippen molar-refractivity contribution in [1.82, 2.24) is 4.57 Å². The molecule has 34 heavy (non-hydrogen) atoms. The third-order valence-corrected chi connectivity index (χ3v) is 7.13. The van der Waals surface area contributed by atoms with E-state index in [4.69, 9.17) is 11.6 Å². The highest BCUT2D eigenvalue weighted by Crippen LogP contribution is 2.30. The molecule has 0 saturated heterocycles. The minimum absolute atomic E-state index is 0.0837. The van der Waals surface area contributed by atoms with Gasteiger partial charge in [-0.3, -0.25) is 4.79 Å². The molecule has 0 radical (unpaired) electrons. The summed E-state index contributed by atoms with van der Waals surface area (Å²) in [5.74, 6) is -0.752. The van der Waals surface area contributed by atoms with Crippen molar-refractivity contribution in [2.75, 3.05) is 5.32 Å². The molecule has 0 unspecified atom stereocenters. The van der Waals surface area contributed by atoms with Crippen LogP contribution in [0.15, 0.2) is 83.9 Å². The Morgan fingerprint density at radius 3 is 2.24 bits per heavy atom. The number of sulfone groups is 1. The molecule has 10 heteroatoms. The highest BCUT2D eigenvalue weighted by atomic mass is 35.5. The standard InChI is InChI=1S/C24H18ClF3N2O3S/c25-18-9-5-16(6-10-18)15-34(32,33)22-13-30(21-4-2-1-3-20(21)22)14-23(31)29-19-11-7-17(8-12-19)24(26,27)28/h1-13H,14-15H2,(H,29,31). The molecule has 4 aromatic rings. The molecule has 0 fully saturated rings. The summed E-state index contributed by atoms with van der Waals surface area (Å²) in [5.41, 5.74) is 0.489. The number of para-hydroxylation sites is 1. The van der Waals surface area contributed by atoms with Gasteiger partial charge in [0.1, 0.15) is 6.54 Å². The van der Waals surface area contributed by atoms with Crippen molar-refractivity contribution in [3.63, 3.8) is 0 Å². The lowest BCUT2D eigenvalue weighted by molar-refractivity contribution is -0.137. The van der Waals surface area contributed by atoms with Crippen molar-refractivity contribution in [2.45, 2.75) is 23.4 Å². The maximum atomic E-state index is 13.2. The van der Waals surface area contributed by atoms with Gasteiger partial charge in [-0.1, -0.05) is 41.9 Å². The van der Waals surface area contributed by atoms with Gasteiger partial charge in [-0.15, -0.1) is 0 Å². The van der Waals surface area contributed by atoms with Gasteiger partial charge in [0.2, 0.25) is 5.91 Å². The lowest BCUT2D eigenvalue weighted by Crippen LogP contribution is -2.18. The van der Waals surface area contributed by atoms with Crippen LogP contribution >= 0.6 is 11.6 Å². The Labute approximate surface area is 198 Å². The molecule has 1 N–H and O–H groups in total. The summed E-state index contributed by atoms with van der Waals surface area (Å²) in [6.45, 7) is -0.224. The third kappa shape index (κ3) is 5.26. The fourth-order valence-corrected chi connectivity index (χ4v) is 5.28. The molecular formula is C24H18ClF3N2O3S. The topological polar surface area (TPSA) is 68.2 Å². The number of anilines is 1. The average Bonchev–Trinajstić information content (AvgIpc) is 3.14. The van der Waals surface area contributed by atoms with Crippen LogP contribution in [0.2, 0.25) is 5.02 Å². The Morgan fingerprint density at radius 2 is 1.59 bits per heavy atom. The molecule has 0 bridgehead atoms. The van der Waals surface area contributed by atoms with E-state index in [0.717, 1.165) is 24.3 Å². The van der Waals surface area contributed by atoms with E-state index in [1.807, 2.05) is 0 Å². The van der Waals surface area contributed by atoms with Gasteiger partial charge in [0.25, 0.3) is 0 Å². The number of amides is 1. The van der Waals surface area contributed by atoms with E-state index in [1.165, 1.54) is 10.8 Å². The largest absolute Gasteiger partial charge is 0.416 e. The highest BCUT2D eigenvalue weighted by Gasteiger charge is 2.30. The van der Waals surface area contributed by atoms with Crippen molar-refractivity contribution >= 4 is 43.9 Å². The van der Waals surface area contributed by atoms with E-state index in [2.05, 4.69) is 5.32 Å². The van der Waals surface area contributed by atoms with E-state index in [0.29, 0.717) is 21.5 Å². The lowest BCUT2D eigenvalue weighted by Gasteiger charge is -2.09. The normalized spacial score (nSPS) is 12.1. The number of carbonyl (C=O) groups excluding carboxylic acids is 1. The SMILES string of the molecule is O=C(Cn1cc(S(=O)(=O)Cc2ccc(Cl)cc2)c2ccccc21)Nc1ccc(C(F)(F)F)cc1. The van der Waals surface area contributed by atoms with E-state index in [1.54, 1.807) is 48.5 Å². The molecular weight excluding hydrogens is 489 g/mol. The summed E-state index contributed by atoms with van der Waals surface area (Å²) in [7, 11) is -3.75. The fourth-order valence-electron chi connectivity index (χ4n) is 3.57. The first-order valence-corrected chi connectivity index (χ1v) is 12.1. The van der Waals surface area contributed by atoms with E-state index in [9.17, 15) is 26.4 Å². The quantitative estimate of drug-likeness (QED) is 0.352. The number of hydrogen-bond acceptors (Lipinski definition) is 3. The van der Waals surface area contributed by atoms with Crippen molar-refractivity contribution in [1.29, 1.82) is 0 Å². The Kier molecular flexibility index (Phi) is 6.42. The van der Waals surface area contributed by atoms with Gasteiger partial charge in [0.15, 0.2) is 9.84 Å². The molecule has 1 aromatic heterocycles. The van der Waals surface area contributed by atoms with Crippen molar-refractivity contribution < 1.29 is 26.4 Å². The number of carbonyl (C=O) groups is 1. The van der Waals surface area contributed by atoms with Crippen LogP contribution in [0.3, 0.4) is 0 Å². The van der Waals surface area contributed by atoms with Crippen molar-refractivity contribution in [3.8, 4) is 0 Å². The van der Waals surface area contributed by atoms with Gasteiger partial charge in [0.05, 0.1) is 16.2 Å². The summed E-state index contributed by atoms with van der Waals surface area (Å²) < 4.78 is 66.0. The second-order valence-electron chi connectivity index (χ2n) is 7.65. The average molecular weight is 507 g/mol. The molecule has 0 aliphatic rings. The van der Waals surface area contributed by atoms with E-state index < -0.39 is 27.5 Å². The summed E-state index contributed by atoms with van der Waals surface area (Å²) in [5, 5.41) is 3.51. The van der Waals surface area contributed by atoms with Crippen LogP contribution in [-0.4, -0.2) is 18.9 Å². The van der Waals surface area contributed by atoms with Crippen molar-refractivity contribution in [3.05, 3.63) is 95.1 Å². The third-order valence-electron chi connectivity index (χ3n) is 5.17. The number of nitrogens with one attached hydrogen (secondary N) is 1. The number of benzene rings is 3. The number of fused-ring (bicyclic) bond motifs is 1. The zero-order valence-corrected chi connectivity index (χ0v) is 19.1. The van der Waals surface area contributed by atoms with E-state index >= 15 is 0 Å². The summed E-state index contributed by atoms with van der Waals surface area (Å²) >= 11 is 5.87. The summed E-state index contributed by atoms with van der Waals surface area (Å²) in [6.07, 6.45) is -3.07. The number of rotatable bonds is 6. The molecule has 176 valence electrons. The molecule has 1 heterocycles. The van der Waals surface area contributed by atoms with Crippen LogP contribution in [0.4, 0.5) is 18.9 Å². The number of hydrogen-bond donors (Lipinski definition) is 1. The van der Waals surface area contributed by atoms with Crippen LogP contribution in [0, 0.1) is 0 Å². The van der Waals surface area contributed by atoms with Gasteiger partial charge in [0, 0.05) is 27.8 Å². The second-order valence-corrected chi connectivity index (χ2v) is 10.0. The number of nitrogens with zero attached hydrogens (tertiary/aromatic N) is 1. The minimum Gasteiger partial charge on any atom is -0.337 e. The van der Waals surface area contributed by atoms with Crippen molar-refractivity contribution in [2.24, 2.45) is 0 Å². The zero-order chi connectivity index (χ0) is 24.5. The first-order valence-electron chi connectivity index (χ1n) is 10.1. The molecule has 4 rings (SSSR count). The number of halogens is 4. The van der Waals surface area contributed by atoms with Crippen LogP contribution in [0.25, 0.3) is 10.9 Å². The Balaban J connectivity index is 1.58. The monoisotopic (exact) mass is 506 g/mol. The number of aromatic nitrogens is 1. The molecule has 1 amide bonds.